The van der Waals surface area contributed by atoms with Crippen molar-refractivity contribution in [2.45, 2.75) is 37.7 Å². The lowest BCUT2D eigenvalue weighted by Gasteiger charge is -2.10. The minimum atomic E-state index is -4.93. The predicted molar refractivity (Wildman–Crippen MR) is 96.0 cm³/mol. The van der Waals surface area contributed by atoms with E-state index in [-0.39, 0.29) is 28.6 Å². The predicted octanol–water partition coefficient (Wildman–Crippen LogP) is 3.28. The number of thiazole rings is 1. The summed E-state index contributed by atoms with van der Waals surface area (Å²) in [5.41, 5.74) is -2.93. The second kappa shape index (κ2) is 7.07. The number of carbonyl (C=O) groups is 1. The van der Waals surface area contributed by atoms with Crippen LogP contribution in [-0.4, -0.2) is 32.1 Å². The molecule has 1 saturated carbocycles. The number of hydrogen-bond donors (Lipinski definition) is 1. The van der Waals surface area contributed by atoms with E-state index in [2.05, 4.69) is 10.1 Å². The van der Waals surface area contributed by atoms with Gasteiger partial charge >= 0.3 is 12.4 Å². The standard InChI is InChI=1S/C17H13F6N5O2S/c1-24-14(30)12-13(17(21,22)23)31-15-25-8(4-11(29)28(12)15)6-27-10(16(18,19)20)5-9(26-27)7-2-3-7/h4-5,7H,2-3,6H2,1H3,(H,24,30). The van der Waals surface area contributed by atoms with E-state index in [4.69, 9.17) is 0 Å². The molecule has 0 radical (unpaired) electrons. The van der Waals surface area contributed by atoms with Crippen LogP contribution in [0.3, 0.4) is 0 Å². The molecule has 1 aliphatic carbocycles. The highest BCUT2D eigenvalue weighted by atomic mass is 32.1. The van der Waals surface area contributed by atoms with E-state index >= 15 is 0 Å². The van der Waals surface area contributed by atoms with E-state index in [1.807, 2.05) is 5.32 Å². The Morgan fingerprint density at radius 1 is 1.19 bits per heavy atom. The number of nitrogens with one attached hydrogen (secondary N) is 1. The number of nitrogens with zero attached hydrogens (tertiary/aromatic N) is 4. The number of halogens is 6. The first-order valence-electron chi connectivity index (χ1n) is 8.90. The fourth-order valence-corrected chi connectivity index (χ4v) is 4.15. The highest BCUT2D eigenvalue weighted by Crippen LogP contribution is 2.42. The highest BCUT2D eigenvalue weighted by Gasteiger charge is 2.41. The third-order valence-electron chi connectivity index (χ3n) is 4.67. The molecule has 0 unspecified atom stereocenters. The molecular formula is C17H13F6N5O2S. The molecule has 1 aliphatic rings. The second-order valence-electron chi connectivity index (χ2n) is 6.94. The molecule has 0 aliphatic heterocycles. The Kier molecular flexibility index (Phi) is 4.87. The third-order valence-corrected chi connectivity index (χ3v) is 5.75. The van der Waals surface area contributed by atoms with Gasteiger partial charge in [-0.15, -0.1) is 0 Å². The SMILES string of the molecule is CNC(=O)c1c(C(F)(F)F)sc2nc(Cn3nc(C4CC4)cc3C(F)(F)F)cc(=O)n12. The van der Waals surface area contributed by atoms with Gasteiger partial charge in [0.25, 0.3) is 11.5 Å². The maximum absolute atomic E-state index is 13.4. The van der Waals surface area contributed by atoms with E-state index in [0.29, 0.717) is 9.08 Å². The van der Waals surface area contributed by atoms with Crippen LogP contribution in [-0.2, 0) is 18.9 Å². The molecule has 3 aromatic rings. The number of aromatic nitrogens is 4. The Labute approximate surface area is 173 Å². The summed E-state index contributed by atoms with van der Waals surface area (Å²) in [5, 5.41) is 5.99. The lowest BCUT2D eigenvalue weighted by molar-refractivity contribution is -0.144. The Bertz CT molecular complexity index is 1230. The van der Waals surface area contributed by atoms with Gasteiger partial charge in [0.2, 0.25) is 0 Å². The minimum absolute atomic E-state index is 0.0574. The van der Waals surface area contributed by atoms with Crippen molar-refractivity contribution in [2.75, 3.05) is 7.05 Å². The summed E-state index contributed by atoms with van der Waals surface area (Å²) in [4.78, 5) is 26.6. The Balaban J connectivity index is 1.82. The van der Waals surface area contributed by atoms with Crippen molar-refractivity contribution in [2.24, 2.45) is 0 Å². The van der Waals surface area contributed by atoms with E-state index in [0.717, 1.165) is 32.0 Å². The fraction of sp³-hybridized carbons (Fsp3) is 0.412. The smallest absolute Gasteiger partial charge is 0.354 e. The molecule has 14 heteroatoms. The first kappa shape index (κ1) is 21.3. The van der Waals surface area contributed by atoms with Crippen LogP contribution in [0, 0.1) is 0 Å². The van der Waals surface area contributed by atoms with E-state index in [1.54, 1.807) is 0 Å². The molecule has 7 nitrogen and oxygen atoms in total. The van der Waals surface area contributed by atoms with Gasteiger partial charge in [-0.25, -0.2) is 9.38 Å². The minimum Gasteiger partial charge on any atom is -0.354 e. The van der Waals surface area contributed by atoms with Gasteiger partial charge in [-0.1, -0.05) is 11.3 Å². The van der Waals surface area contributed by atoms with Gasteiger partial charge in [-0.3, -0.25) is 14.3 Å². The molecule has 3 heterocycles. The van der Waals surface area contributed by atoms with Crippen LogP contribution in [0.25, 0.3) is 4.96 Å². The summed E-state index contributed by atoms with van der Waals surface area (Å²) >= 11 is 0.0574. The average molecular weight is 465 g/mol. The second-order valence-corrected chi connectivity index (χ2v) is 7.92. The van der Waals surface area contributed by atoms with Crippen LogP contribution in [0.4, 0.5) is 26.3 Å². The molecule has 0 atom stereocenters. The number of carbonyl (C=O) groups excluding carboxylic acids is 1. The van der Waals surface area contributed by atoms with Gasteiger partial charge in [-0.2, -0.15) is 31.4 Å². The number of hydrogen-bond acceptors (Lipinski definition) is 5. The topological polar surface area (TPSA) is 81.3 Å². The summed E-state index contributed by atoms with van der Waals surface area (Å²) < 4.78 is 81.4. The number of amides is 1. The Hall–Kier alpha value is -2.90. The number of rotatable bonds is 4. The van der Waals surface area contributed by atoms with Crippen LogP contribution < -0.4 is 10.9 Å². The largest absolute Gasteiger partial charge is 0.433 e. The van der Waals surface area contributed by atoms with Crippen molar-refractivity contribution < 1.29 is 31.1 Å². The van der Waals surface area contributed by atoms with Crippen LogP contribution in [0.5, 0.6) is 0 Å². The molecule has 3 aromatic heterocycles. The molecule has 0 aromatic carbocycles. The third kappa shape index (κ3) is 3.91. The number of fused-ring (bicyclic) bond motifs is 1. The molecule has 1 fully saturated rings. The molecule has 0 saturated heterocycles. The molecule has 166 valence electrons. The molecule has 1 amide bonds. The van der Waals surface area contributed by atoms with Crippen molar-refractivity contribution in [3.63, 3.8) is 0 Å². The first-order chi connectivity index (χ1) is 14.4. The lowest BCUT2D eigenvalue weighted by Crippen LogP contribution is -2.28. The van der Waals surface area contributed by atoms with Crippen LogP contribution in [0.15, 0.2) is 16.9 Å². The normalized spacial score (nSPS) is 14.9. The average Bonchev–Trinajstić information content (AvgIpc) is 3.28. The fourth-order valence-electron chi connectivity index (χ4n) is 3.14. The first-order valence-corrected chi connectivity index (χ1v) is 9.71. The van der Waals surface area contributed by atoms with Crippen molar-refractivity contribution in [1.82, 2.24) is 24.5 Å². The van der Waals surface area contributed by atoms with E-state index in [9.17, 15) is 35.9 Å². The van der Waals surface area contributed by atoms with Crippen molar-refractivity contribution in [1.29, 1.82) is 0 Å². The summed E-state index contributed by atoms with van der Waals surface area (Å²) in [6, 6.07) is 1.73. The van der Waals surface area contributed by atoms with Gasteiger partial charge in [0.15, 0.2) is 4.96 Å². The molecule has 0 spiro atoms. The van der Waals surface area contributed by atoms with Gasteiger partial charge in [0.1, 0.15) is 16.3 Å². The monoisotopic (exact) mass is 465 g/mol. The van der Waals surface area contributed by atoms with Gasteiger partial charge in [-0.05, 0) is 18.9 Å². The van der Waals surface area contributed by atoms with E-state index < -0.39 is 51.6 Å². The van der Waals surface area contributed by atoms with Gasteiger partial charge in [0, 0.05) is 19.0 Å². The van der Waals surface area contributed by atoms with Gasteiger partial charge < -0.3 is 5.32 Å². The lowest BCUT2D eigenvalue weighted by atomic mass is 10.2. The molecule has 1 N–H and O–H groups in total. The van der Waals surface area contributed by atoms with Crippen LogP contribution >= 0.6 is 11.3 Å². The summed E-state index contributed by atoms with van der Waals surface area (Å²) in [6.07, 6.45) is -8.20. The molecular weight excluding hydrogens is 452 g/mol. The zero-order valence-electron chi connectivity index (χ0n) is 15.6. The Morgan fingerprint density at radius 3 is 2.42 bits per heavy atom. The zero-order valence-corrected chi connectivity index (χ0v) is 16.5. The summed E-state index contributed by atoms with van der Waals surface area (Å²) in [5.74, 6) is -1.21. The van der Waals surface area contributed by atoms with Crippen LogP contribution in [0.2, 0.25) is 0 Å². The van der Waals surface area contributed by atoms with Gasteiger partial charge in [0.05, 0.1) is 17.9 Å². The molecule has 0 bridgehead atoms. The van der Waals surface area contributed by atoms with Crippen molar-refractivity contribution in [3.05, 3.63) is 50.1 Å². The number of alkyl halides is 6. The quantitative estimate of drug-likeness (QED) is 0.600. The summed E-state index contributed by atoms with van der Waals surface area (Å²) in [7, 11) is 1.10. The zero-order chi connectivity index (χ0) is 22.7. The van der Waals surface area contributed by atoms with Crippen LogP contribution in [0.1, 0.15) is 51.2 Å². The molecule has 4 rings (SSSR count). The maximum atomic E-state index is 13.4. The molecule has 31 heavy (non-hydrogen) atoms. The summed E-state index contributed by atoms with van der Waals surface area (Å²) in [6.45, 7) is -0.568. The Morgan fingerprint density at radius 2 is 1.87 bits per heavy atom. The van der Waals surface area contributed by atoms with Crippen molar-refractivity contribution >= 4 is 22.2 Å². The maximum Gasteiger partial charge on any atom is 0.433 e. The van der Waals surface area contributed by atoms with E-state index in [1.165, 1.54) is 0 Å². The highest BCUT2D eigenvalue weighted by molar-refractivity contribution is 7.17. The van der Waals surface area contributed by atoms with Crippen molar-refractivity contribution in [3.8, 4) is 0 Å².